The Hall–Kier alpha value is -2.86. The van der Waals surface area contributed by atoms with Crippen molar-refractivity contribution < 1.29 is 4.39 Å². The van der Waals surface area contributed by atoms with E-state index in [9.17, 15) is 4.39 Å². The number of nitrogens with zero attached hydrogens (tertiary/aromatic N) is 3. The highest BCUT2D eigenvalue weighted by Crippen LogP contribution is 2.20. The van der Waals surface area contributed by atoms with Gasteiger partial charge in [-0.05, 0) is 43.3 Å². The molecule has 0 amide bonds. The van der Waals surface area contributed by atoms with Gasteiger partial charge in [-0.1, -0.05) is 12.1 Å². The molecule has 0 radical (unpaired) electrons. The van der Waals surface area contributed by atoms with Gasteiger partial charge >= 0.3 is 0 Å². The van der Waals surface area contributed by atoms with Crippen LogP contribution in [0.3, 0.4) is 0 Å². The molecule has 0 bridgehead atoms. The number of benzene rings is 1. The van der Waals surface area contributed by atoms with Gasteiger partial charge < -0.3 is 10.6 Å². The van der Waals surface area contributed by atoms with Crippen LogP contribution >= 0.6 is 0 Å². The van der Waals surface area contributed by atoms with Crippen molar-refractivity contribution in [1.82, 2.24) is 20.3 Å². The third-order valence-electron chi connectivity index (χ3n) is 3.86. The van der Waals surface area contributed by atoms with Crippen molar-refractivity contribution in [3.05, 3.63) is 72.1 Å². The Morgan fingerprint density at radius 2 is 1.84 bits per heavy atom. The Morgan fingerprint density at radius 3 is 2.52 bits per heavy atom. The smallest absolute Gasteiger partial charge is 0.144 e. The maximum atomic E-state index is 13.0. The molecule has 1 atom stereocenters. The Balaban J connectivity index is 1.71. The molecule has 0 aliphatic carbocycles. The quantitative estimate of drug-likeness (QED) is 0.720. The monoisotopic (exact) mass is 337 g/mol. The zero-order chi connectivity index (χ0) is 17.6. The van der Waals surface area contributed by atoms with Crippen molar-refractivity contribution in [3.8, 4) is 11.3 Å². The maximum Gasteiger partial charge on any atom is 0.144 e. The number of hydrogen-bond acceptors (Lipinski definition) is 5. The molecular weight excluding hydrogens is 317 g/mol. The van der Waals surface area contributed by atoms with Crippen molar-refractivity contribution in [2.45, 2.75) is 19.5 Å². The Kier molecular flexibility index (Phi) is 5.30. The van der Waals surface area contributed by atoms with Crippen LogP contribution in [-0.2, 0) is 6.54 Å². The van der Waals surface area contributed by atoms with E-state index in [0.29, 0.717) is 5.82 Å². The fourth-order valence-electron chi connectivity index (χ4n) is 2.54. The van der Waals surface area contributed by atoms with Gasteiger partial charge in [-0.15, -0.1) is 0 Å². The summed E-state index contributed by atoms with van der Waals surface area (Å²) < 4.78 is 13.0. The first-order valence-electron chi connectivity index (χ1n) is 8.08. The molecule has 25 heavy (non-hydrogen) atoms. The minimum Gasteiger partial charge on any atom is -0.362 e. The number of hydrogen-bond donors (Lipinski definition) is 2. The van der Waals surface area contributed by atoms with Gasteiger partial charge in [0.1, 0.15) is 11.6 Å². The second kappa shape index (κ2) is 7.81. The summed E-state index contributed by atoms with van der Waals surface area (Å²) >= 11 is 0. The van der Waals surface area contributed by atoms with E-state index in [1.807, 2.05) is 26.2 Å². The molecule has 128 valence electrons. The highest BCUT2D eigenvalue weighted by molar-refractivity contribution is 5.58. The van der Waals surface area contributed by atoms with Crippen LogP contribution in [0.1, 0.15) is 24.1 Å². The molecule has 2 N–H and O–H groups in total. The summed E-state index contributed by atoms with van der Waals surface area (Å²) in [5.74, 6) is 0.425. The molecule has 0 aliphatic rings. The van der Waals surface area contributed by atoms with E-state index in [0.717, 1.165) is 28.9 Å². The van der Waals surface area contributed by atoms with Gasteiger partial charge in [-0.2, -0.15) is 0 Å². The first kappa shape index (κ1) is 17.0. The molecule has 6 heteroatoms. The topological polar surface area (TPSA) is 62.7 Å². The van der Waals surface area contributed by atoms with Crippen LogP contribution in [0.25, 0.3) is 11.3 Å². The summed E-state index contributed by atoms with van der Waals surface area (Å²) in [6, 6.07) is 8.46. The molecule has 0 saturated heterocycles. The highest BCUT2D eigenvalue weighted by Gasteiger charge is 2.08. The number of rotatable bonds is 6. The normalized spacial score (nSPS) is 12.0. The third kappa shape index (κ3) is 4.36. The summed E-state index contributed by atoms with van der Waals surface area (Å²) in [4.78, 5) is 13.1. The molecule has 0 fully saturated rings. The number of pyridine rings is 1. The first-order chi connectivity index (χ1) is 12.2. The molecule has 0 spiro atoms. The van der Waals surface area contributed by atoms with E-state index in [-0.39, 0.29) is 11.9 Å². The first-order valence-corrected chi connectivity index (χ1v) is 8.08. The number of anilines is 1. The van der Waals surface area contributed by atoms with E-state index in [1.165, 1.54) is 12.1 Å². The van der Waals surface area contributed by atoms with Gasteiger partial charge in [0, 0.05) is 30.5 Å². The second-order valence-corrected chi connectivity index (χ2v) is 5.82. The lowest BCUT2D eigenvalue weighted by molar-refractivity contribution is 0.626. The molecule has 1 unspecified atom stereocenters. The van der Waals surface area contributed by atoms with Crippen molar-refractivity contribution in [3.63, 3.8) is 0 Å². The van der Waals surface area contributed by atoms with E-state index in [1.54, 1.807) is 30.7 Å². The third-order valence-corrected chi connectivity index (χ3v) is 3.86. The summed E-state index contributed by atoms with van der Waals surface area (Å²) in [5, 5.41) is 6.37. The van der Waals surface area contributed by atoms with Crippen LogP contribution in [0, 0.1) is 5.82 Å². The minimum atomic E-state index is -0.241. The Bertz CT molecular complexity index is 818. The van der Waals surface area contributed by atoms with Crippen LogP contribution in [0.4, 0.5) is 10.2 Å². The predicted molar refractivity (Wildman–Crippen MR) is 96.5 cm³/mol. The second-order valence-electron chi connectivity index (χ2n) is 5.82. The van der Waals surface area contributed by atoms with Crippen LogP contribution in [0.15, 0.2) is 55.1 Å². The van der Waals surface area contributed by atoms with Crippen LogP contribution < -0.4 is 10.6 Å². The SMILES string of the molecule is CNCc1cncc(-c2cnc(NC(C)c3ccc(F)cc3)cn2)c1. The molecule has 2 heterocycles. The molecule has 1 aromatic carbocycles. The lowest BCUT2D eigenvalue weighted by atomic mass is 10.1. The van der Waals surface area contributed by atoms with Gasteiger partial charge in [0.05, 0.1) is 18.1 Å². The average molecular weight is 337 g/mol. The van der Waals surface area contributed by atoms with Gasteiger partial charge in [-0.25, -0.2) is 9.37 Å². The summed E-state index contributed by atoms with van der Waals surface area (Å²) in [7, 11) is 1.90. The average Bonchev–Trinajstić information content (AvgIpc) is 2.63. The number of nitrogens with one attached hydrogen (secondary N) is 2. The predicted octanol–water partition coefficient (Wildman–Crippen LogP) is 3.57. The van der Waals surface area contributed by atoms with Gasteiger partial charge in [-0.3, -0.25) is 9.97 Å². The molecule has 0 aliphatic heterocycles. The summed E-state index contributed by atoms with van der Waals surface area (Å²) in [5.41, 5.74) is 3.77. The molecule has 0 saturated carbocycles. The summed E-state index contributed by atoms with van der Waals surface area (Å²) in [6.07, 6.45) is 7.02. The van der Waals surface area contributed by atoms with Crippen molar-refractivity contribution in [2.75, 3.05) is 12.4 Å². The number of aromatic nitrogens is 3. The largest absolute Gasteiger partial charge is 0.362 e. The van der Waals surface area contributed by atoms with Gasteiger partial charge in [0.2, 0.25) is 0 Å². The van der Waals surface area contributed by atoms with Crippen LogP contribution in [0.2, 0.25) is 0 Å². The van der Waals surface area contributed by atoms with Gasteiger partial charge in [0.25, 0.3) is 0 Å². The van der Waals surface area contributed by atoms with Crippen LogP contribution in [0.5, 0.6) is 0 Å². The van der Waals surface area contributed by atoms with E-state index >= 15 is 0 Å². The van der Waals surface area contributed by atoms with Crippen LogP contribution in [-0.4, -0.2) is 22.0 Å². The zero-order valence-electron chi connectivity index (χ0n) is 14.2. The zero-order valence-corrected chi connectivity index (χ0v) is 14.2. The Labute approximate surface area is 146 Å². The molecule has 3 rings (SSSR count). The van der Waals surface area contributed by atoms with Crippen molar-refractivity contribution in [2.24, 2.45) is 0 Å². The minimum absolute atomic E-state index is 0.00127. The lowest BCUT2D eigenvalue weighted by Gasteiger charge is -2.15. The maximum absolute atomic E-state index is 13.0. The highest BCUT2D eigenvalue weighted by atomic mass is 19.1. The lowest BCUT2D eigenvalue weighted by Crippen LogP contribution is -2.08. The summed E-state index contributed by atoms with van der Waals surface area (Å²) in [6.45, 7) is 2.75. The van der Waals surface area contributed by atoms with E-state index in [4.69, 9.17) is 0 Å². The number of halogens is 1. The van der Waals surface area contributed by atoms with E-state index in [2.05, 4.69) is 25.6 Å². The van der Waals surface area contributed by atoms with E-state index < -0.39 is 0 Å². The molecule has 2 aromatic heterocycles. The molecule has 3 aromatic rings. The molecule has 5 nitrogen and oxygen atoms in total. The van der Waals surface area contributed by atoms with Crippen molar-refractivity contribution in [1.29, 1.82) is 0 Å². The van der Waals surface area contributed by atoms with Gasteiger partial charge in [0.15, 0.2) is 0 Å². The fraction of sp³-hybridized carbons (Fsp3) is 0.211. The molecular formula is C19H20FN5. The Morgan fingerprint density at radius 1 is 1.04 bits per heavy atom. The standard InChI is InChI=1S/C19H20FN5/c1-13(15-3-5-17(20)6-4-15)25-19-12-23-18(11-24-19)16-7-14(8-21-2)9-22-10-16/h3-7,9-13,21H,8H2,1-2H3,(H,24,25). The fourth-order valence-corrected chi connectivity index (χ4v) is 2.54. The van der Waals surface area contributed by atoms with Crippen molar-refractivity contribution >= 4 is 5.82 Å².